The molecule has 40 heavy (non-hydrogen) atoms. The molecule has 1 saturated carbocycles. The van der Waals surface area contributed by atoms with Crippen LogP contribution in [0.1, 0.15) is 44.6 Å². The molecular weight excluding hydrogens is 569 g/mol. The first-order chi connectivity index (χ1) is 19.2. The Kier molecular flexibility index (Phi) is 10.1. The fraction of sp³-hybridized carbons (Fsp3) is 0.333. The first-order valence-electron chi connectivity index (χ1n) is 13.3. The zero-order valence-corrected chi connectivity index (χ0v) is 24.6. The normalized spacial score (nSPS) is 14.8. The van der Waals surface area contributed by atoms with Gasteiger partial charge in [-0.2, -0.15) is 0 Å². The van der Waals surface area contributed by atoms with E-state index in [9.17, 15) is 18.0 Å². The van der Waals surface area contributed by atoms with E-state index in [2.05, 4.69) is 5.32 Å². The monoisotopic (exact) mass is 601 g/mol. The van der Waals surface area contributed by atoms with Crippen LogP contribution in [0, 0.1) is 0 Å². The summed E-state index contributed by atoms with van der Waals surface area (Å²) >= 11 is 12.3. The van der Waals surface area contributed by atoms with E-state index in [1.54, 1.807) is 25.1 Å². The number of carbonyl (C=O) groups excluding carboxylic acids is 2. The molecule has 1 aliphatic carbocycles. The lowest BCUT2D eigenvalue weighted by atomic mass is 9.95. The van der Waals surface area contributed by atoms with Crippen molar-refractivity contribution in [3.05, 3.63) is 94.5 Å². The van der Waals surface area contributed by atoms with Crippen LogP contribution in [0.2, 0.25) is 10.0 Å². The molecule has 212 valence electrons. The highest BCUT2D eigenvalue weighted by atomic mass is 35.5. The number of carbonyl (C=O) groups is 2. The Labute approximate surface area is 246 Å². The van der Waals surface area contributed by atoms with Gasteiger partial charge in [-0.3, -0.25) is 13.9 Å². The molecule has 0 heterocycles. The standard InChI is InChI=1S/C30H33Cl2N3O4S/c1-22(30(37)33-24-13-7-3-8-14-24)34(20-23-11-5-2-6-12-23)29(36)21-35(25-17-18-27(31)28(32)19-25)40(38,39)26-15-9-4-10-16-26/h2,4-6,9-12,15-19,22,24H,3,7-8,13-14,20-21H2,1H3,(H,33,37)/t22-/m1/s1. The molecule has 1 N–H and O–H groups in total. The van der Waals surface area contributed by atoms with Crippen LogP contribution >= 0.6 is 23.2 Å². The number of nitrogens with one attached hydrogen (secondary N) is 1. The maximum Gasteiger partial charge on any atom is 0.264 e. The van der Waals surface area contributed by atoms with Gasteiger partial charge < -0.3 is 10.2 Å². The van der Waals surface area contributed by atoms with Gasteiger partial charge in [0.15, 0.2) is 0 Å². The number of rotatable bonds is 10. The third-order valence-corrected chi connectivity index (χ3v) is 9.64. The van der Waals surface area contributed by atoms with Crippen molar-refractivity contribution in [1.82, 2.24) is 10.2 Å². The van der Waals surface area contributed by atoms with Gasteiger partial charge in [-0.25, -0.2) is 8.42 Å². The van der Waals surface area contributed by atoms with Gasteiger partial charge in [-0.05, 0) is 55.7 Å². The Hall–Kier alpha value is -3.07. The van der Waals surface area contributed by atoms with Crippen LogP contribution in [0.5, 0.6) is 0 Å². The zero-order valence-electron chi connectivity index (χ0n) is 22.3. The summed E-state index contributed by atoms with van der Waals surface area (Å²) < 4.78 is 28.6. The van der Waals surface area contributed by atoms with Gasteiger partial charge in [0, 0.05) is 12.6 Å². The molecule has 2 amide bonds. The Morgan fingerprint density at radius 3 is 2.15 bits per heavy atom. The second-order valence-electron chi connectivity index (χ2n) is 9.95. The number of anilines is 1. The summed E-state index contributed by atoms with van der Waals surface area (Å²) in [6.07, 6.45) is 5.09. The van der Waals surface area contributed by atoms with E-state index in [0.717, 1.165) is 42.0 Å². The Morgan fingerprint density at radius 2 is 1.52 bits per heavy atom. The lowest BCUT2D eigenvalue weighted by molar-refractivity contribution is -0.139. The van der Waals surface area contributed by atoms with E-state index in [-0.39, 0.29) is 39.1 Å². The van der Waals surface area contributed by atoms with E-state index in [4.69, 9.17) is 23.2 Å². The summed E-state index contributed by atoms with van der Waals surface area (Å²) in [5.41, 5.74) is 1.01. The lowest BCUT2D eigenvalue weighted by Gasteiger charge is -2.33. The van der Waals surface area contributed by atoms with Crippen molar-refractivity contribution in [3.63, 3.8) is 0 Å². The molecule has 7 nitrogen and oxygen atoms in total. The van der Waals surface area contributed by atoms with Crippen molar-refractivity contribution in [2.75, 3.05) is 10.8 Å². The minimum absolute atomic E-state index is 0.0200. The fourth-order valence-electron chi connectivity index (χ4n) is 4.82. The SMILES string of the molecule is C[C@H](C(=O)NC1CCCCC1)N(Cc1ccccc1)C(=O)CN(c1ccc(Cl)c(Cl)c1)S(=O)(=O)c1ccccc1. The predicted octanol–water partition coefficient (Wildman–Crippen LogP) is 6.05. The molecule has 4 rings (SSSR count). The molecule has 10 heteroatoms. The van der Waals surface area contributed by atoms with Crippen molar-refractivity contribution in [2.45, 2.75) is 62.6 Å². The second kappa shape index (κ2) is 13.5. The van der Waals surface area contributed by atoms with Gasteiger partial charge in [0.25, 0.3) is 10.0 Å². The number of nitrogens with zero attached hydrogens (tertiary/aromatic N) is 2. The average Bonchev–Trinajstić information content (AvgIpc) is 2.97. The van der Waals surface area contributed by atoms with Crippen molar-refractivity contribution >= 4 is 50.7 Å². The summed E-state index contributed by atoms with van der Waals surface area (Å²) in [4.78, 5) is 28.8. The minimum Gasteiger partial charge on any atom is -0.352 e. The van der Waals surface area contributed by atoms with Gasteiger partial charge >= 0.3 is 0 Å². The number of hydrogen-bond acceptors (Lipinski definition) is 4. The molecule has 0 radical (unpaired) electrons. The molecule has 3 aromatic carbocycles. The topological polar surface area (TPSA) is 86.8 Å². The molecule has 0 bridgehead atoms. The van der Waals surface area contributed by atoms with E-state index in [0.29, 0.717) is 0 Å². The molecule has 1 fully saturated rings. The van der Waals surface area contributed by atoms with E-state index < -0.39 is 28.5 Å². The third kappa shape index (κ3) is 7.36. The van der Waals surface area contributed by atoms with Crippen LogP contribution in [0.15, 0.2) is 83.8 Å². The Morgan fingerprint density at radius 1 is 0.900 bits per heavy atom. The maximum atomic E-state index is 14.0. The quantitative estimate of drug-likeness (QED) is 0.306. The van der Waals surface area contributed by atoms with Crippen molar-refractivity contribution in [3.8, 4) is 0 Å². The van der Waals surface area contributed by atoms with E-state index in [1.165, 1.54) is 35.2 Å². The van der Waals surface area contributed by atoms with Crippen molar-refractivity contribution in [1.29, 1.82) is 0 Å². The third-order valence-electron chi connectivity index (χ3n) is 7.12. The van der Waals surface area contributed by atoms with Crippen LogP contribution in [-0.2, 0) is 26.2 Å². The van der Waals surface area contributed by atoms with Crippen LogP contribution in [-0.4, -0.2) is 43.8 Å². The molecule has 0 aliphatic heterocycles. The summed E-state index contributed by atoms with van der Waals surface area (Å²) in [6, 6.07) is 20.8. The number of hydrogen-bond donors (Lipinski definition) is 1. The van der Waals surface area contributed by atoms with Crippen molar-refractivity contribution < 1.29 is 18.0 Å². The number of benzene rings is 3. The van der Waals surface area contributed by atoms with Crippen LogP contribution < -0.4 is 9.62 Å². The Bertz CT molecular complexity index is 1420. The Balaban J connectivity index is 1.67. The van der Waals surface area contributed by atoms with Crippen LogP contribution in [0.3, 0.4) is 0 Å². The number of sulfonamides is 1. The molecular formula is C30H33Cl2N3O4S. The first-order valence-corrected chi connectivity index (χ1v) is 15.5. The first kappa shape index (κ1) is 29.9. The van der Waals surface area contributed by atoms with Crippen molar-refractivity contribution in [2.24, 2.45) is 0 Å². The molecule has 0 aromatic heterocycles. The van der Waals surface area contributed by atoms with Gasteiger partial charge in [0.05, 0.1) is 20.6 Å². The smallest absolute Gasteiger partial charge is 0.264 e. The van der Waals surface area contributed by atoms with E-state index >= 15 is 0 Å². The zero-order chi connectivity index (χ0) is 28.7. The highest BCUT2D eigenvalue weighted by molar-refractivity contribution is 7.92. The molecule has 0 saturated heterocycles. The fourth-order valence-corrected chi connectivity index (χ4v) is 6.54. The highest BCUT2D eigenvalue weighted by Gasteiger charge is 2.33. The molecule has 1 atom stereocenters. The molecule has 3 aromatic rings. The highest BCUT2D eigenvalue weighted by Crippen LogP contribution is 2.31. The van der Waals surface area contributed by atoms with Gasteiger partial charge in [-0.15, -0.1) is 0 Å². The molecule has 0 unspecified atom stereocenters. The minimum atomic E-state index is -4.17. The number of amides is 2. The average molecular weight is 603 g/mol. The largest absolute Gasteiger partial charge is 0.352 e. The lowest BCUT2D eigenvalue weighted by Crippen LogP contribution is -2.53. The summed E-state index contributed by atoms with van der Waals surface area (Å²) in [5.74, 6) is -0.788. The van der Waals surface area contributed by atoms with E-state index in [1.807, 2.05) is 30.3 Å². The second-order valence-corrected chi connectivity index (χ2v) is 12.6. The molecule has 0 spiro atoms. The van der Waals surface area contributed by atoms with Gasteiger partial charge in [0.1, 0.15) is 12.6 Å². The predicted molar refractivity (Wildman–Crippen MR) is 159 cm³/mol. The maximum absolute atomic E-state index is 14.0. The molecule has 1 aliphatic rings. The van der Waals surface area contributed by atoms with Crippen LogP contribution in [0.4, 0.5) is 5.69 Å². The van der Waals surface area contributed by atoms with Crippen LogP contribution in [0.25, 0.3) is 0 Å². The summed E-state index contributed by atoms with van der Waals surface area (Å²) in [5, 5.41) is 3.51. The summed E-state index contributed by atoms with van der Waals surface area (Å²) in [6.45, 7) is 1.27. The van der Waals surface area contributed by atoms with Gasteiger partial charge in [0.2, 0.25) is 11.8 Å². The van der Waals surface area contributed by atoms with Gasteiger partial charge in [-0.1, -0.05) is 91.0 Å². The summed E-state index contributed by atoms with van der Waals surface area (Å²) in [7, 11) is -4.17. The number of halogens is 2.